The summed E-state index contributed by atoms with van der Waals surface area (Å²) >= 11 is 0. The minimum absolute atomic E-state index is 0.0342. The number of urea groups is 1. The Morgan fingerprint density at radius 3 is 2.58 bits per heavy atom. The fourth-order valence-electron chi connectivity index (χ4n) is 3.03. The van der Waals surface area contributed by atoms with Gasteiger partial charge >= 0.3 is 6.03 Å². The van der Waals surface area contributed by atoms with E-state index in [1.807, 2.05) is 19.9 Å². The highest BCUT2D eigenvalue weighted by Gasteiger charge is 2.25. The van der Waals surface area contributed by atoms with Crippen molar-refractivity contribution in [3.63, 3.8) is 0 Å². The van der Waals surface area contributed by atoms with E-state index in [0.717, 1.165) is 31.6 Å². The van der Waals surface area contributed by atoms with Crippen molar-refractivity contribution < 1.29 is 14.3 Å². The molecule has 1 aromatic carbocycles. The zero-order chi connectivity index (χ0) is 17.7. The lowest BCUT2D eigenvalue weighted by Crippen LogP contribution is -2.52. The van der Waals surface area contributed by atoms with E-state index < -0.39 is 6.10 Å². The smallest absolute Gasteiger partial charge is 0.317 e. The number of halogens is 1. The molecule has 1 aliphatic rings. The van der Waals surface area contributed by atoms with Gasteiger partial charge in [0.25, 0.3) is 0 Å². The highest BCUT2D eigenvalue weighted by atomic mass is 19.1. The number of hydrogen-bond acceptors (Lipinski definition) is 3. The molecule has 134 valence electrons. The van der Waals surface area contributed by atoms with Crippen LogP contribution in [0.5, 0.6) is 0 Å². The fourth-order valence-corrected chi connectivity index (χ4v) is 3.03. The number of nitrogens with one attached hydrogen (secondary N) is 1. The summed E-state index contributed by atoms with van der Waals surface area (Å²) in [6.07, 6.45) is 1.10. The average Bonchev–Trinajstić information content (AvgIpc) is 2.53. The lowest BCUT2D eigenvalue weighted by molar-refractivity contribution is 0.116. The highest BCUT2D eigenvalue weighted by molar-refractivity contribution is 5.75. The molecule has 2 rings (SSSR count). The summed E-state index contributed by atoms with van der Waals surface area (Å²) in [5, 5.41) is 12.6. The summed E-state index contributed by atoms with van der Waals surface area (Å²) in [5.74, 6) is -0.228. The van der Waals surface area contributed by atoms with Gasteiger partial charge in [-0.2, -0.15) is 0 Å². The first-order chi connectivity index (χ1) is 11.4. The molecule has 0 aromatic heterocycles. The number of piperidine rings is 1. The molecule has 0 saturated carbocycles. The molecule has 24 heavy (non-hydrogen) atoms. The van der Waals surface area contributed by atoms with E-state index in [2.05, 4.69) is 10.2 Å². The predicted octanol–water partition coefficient (Wildman–Crippen LogP) is 2.60. The second-order valence-electron chi connectivity index (χ2n) is 6.79. The second kappa shape index (κ2) is 8.33. The van der Waals surface area contributed by atoms with Crippen molar-refractivity contribution in [2.24, 2.45) is 0 Å². The van der Waals surface area contributed by atoms with E-state index in [1.165, 1.54) is 6.07 Å². The van der Waals surface area contributed by atoms with E-state index in [4.69, 9.17) is 0 Å². The number of rotatable bonds is 5. The van der Waals surface area contributed by atoms with Crippen LogP contribution in [0.3, 0.4) is 0 Å². The van der Waals surface area contributed by atoms with E-state index >= 15 is 0 Å². The van der Waals surface area contributed by atoms with Crippen LogP contribution in [0.4, 0.5) is 14.9 Å². The van der Waals surface area contributed by atoms with Crippen molar-refractivity contribution in [2.45, 2.75) is 51.8 Å². The van der Waals surface area contributed by atoms with Crippen LogP contribution >= 0.6 is 0 Å². The summed E-state index contributed by atoms with van der Waals surface area (Å²) in [7, 11) is 0. The first-order valence-corrected chi connectivity index (χ1v) is 8.62. The van der Waals surface area contributed by atoms with Gasteiger partial charge in [-0.15, -0.1) is 0 Å². The van der Waals surface area contributed by atoms with Gasteiger partial charge in [-0.05, 0) is 51.8 Å². The number of benzene rings is 1. The SMILES string of the molecule is CC(O)CN(C(=O)NC1CCN(c2cccc(F)c2)CC1)C(C)C. The number of aliphatic hydroxyl groups excluding tert-OH is 1. The predicted molar refractivity (Wildman–Crippen MR) is 93.7 cm³/mol. The number of nitrogens with zero attached hydrogens (tertiary/aromatic N) is 2. The van der Waals surface area contributed by atoms with E-state index in [0.29, 0.717) is 6.54 Å². The Morgan fingerprint density at radius 2 is 2.04 bits per heavy atom. The van der Waals surface area contributed by atoms with Crippen LogP contribution in [0.25, 0.3) is 0 Å². The molecule has 6 heteroatoms. The maximum absolute atomic E-state index is 13.3. The van der Waals surface area contributed by atoms with Crippen molar-refractivity contribution in [2.75, 3.05) is 24.5 Å². The maximum atomic E-state index is 13.3. The van der Waals surface area contributed by atoms with Crippen molar-refractivity contribution in [1.82, 2.24) is 10.2 Å². The average molecular weight is 337 g/mol. The van der Waals surface area contributed by atoms with Crippen molar-refractivity contribution in [3.05, 3.63) is 30.1 Å². The van der Waals surface area contributed by atoms with Gasteiger partial charge in [0.2, 0.25) is 0 Å². The standard InChI is InChI=1S/C18H28FN3O2/c1-13(2)22(12-14(3)23)18(24)20-16-7-9-21(10-8-16)17-6-4-5-15(19)11-17/h4-6,11,13-14,16,23H,7-10,12H2,1-3H3,(H,20,24). The number of aliphatic hydroxyl groups is 1. The largest absolute Gasteiger partial charge is 0.392 e. The second-order valence-corrected chi connectivity index (χ2v) is 6.79. The fraction of sp³-hybridized carbons (Fsp3) is 0.611. The molecule has 1 heterocycles. The third-order valence-electron chi connectivity index (χ3n) is 4.34. The molecule has 1 aromatic rings. The number of carbonyl (C=O) groups excluding carboxylic acids is 1. The minimum Gasteiger partial charge on any atom is -0.392 e. The lowest BCUT2D eigenvalue weighted by Gasteiger charge is -2.36. The Labute approximate surface area is 143 Å². The van der Waals surface area contributed by atoms with Crippen LogP contribution in [-0.4, -0.2) is 53.9 Å². The maximum Gasteiger partial charge on any atom is 0.317 e. The van der Waals surface area contributed by atoms with E-state index in [9.17, 15) is 14.3 Å². The van der Waals surface area contributed by atoms with Crippen LogP contribution < -0.4 is 10.2 Å². The monoisotopic (exact) mass is 337 g/mol. The summed E-state index contributed by atoms with van der Waals surface area (Å²) in [6, 6.07) is 6.63. The van der Waals surface area contributed by atoms with Crippen LogP contribution in [0.1, 0.15) is 33.6 Å². The molecular formula is C18H28FN3O2. The first-order valence-electron chi connectivity index (χ1n) is 8.62. The van der Waals surface area contributed by atoms with Crippen molar-refractivity contribution >= 4 is 11.7 Å². The van der Waals surface area contributed by atoms with E-state index in [1.54, 1.807) is 24.0 Å². The molecule has 5 nitrogen and oxygen atoms in total. The molecule has 1 aliphatic heterocycles. The van der Waals surface area contributed by atoms with Gasteiger partial charge in [0.15, 0.2) is 0 Å². The third kappa shape index (κ3) is 5.09. The Hall–Kier alpha value is -1.82. The minimum atomic E-state index is -0.548. The van der Waals surface area contributed by atoms with Crippen LogP contribution in [0.15, 0.2) is 24.3 Å². The Balaban J connectivity index is 1.87. The third-order valence-corrected chi connectivity index (χ3v) is 4.34. The zero-order valence-corrected chi connectivity index (χ0v) is 14.7. The summed E-state index contributed by atoms with van der Waals surface area (Å²) in [5.41, 5.74) is 0.887. The molecule has 0 bridgehead atoms. The molecule has 1 saturated heterocycles. The summed E-state index contributed by atoms with van der Waals surface area (Å²) in [6.45, 7) is 7.45. The summed E-state index contributed by atoms with van der Waals surface area (Å²) in [4.78, 5) is 16.2. The molecule has 1 atom stereocenters. The number of hydrogen-bond donors (Lipinski definition) is 2. The molecule has 1 unspecified atom stereocenters. The van der Waals surface area contributed by atoms with Crippen LogP contribution in [0, 0.1) is 5.82 Å². The van der Waals surface area contributed by atoms with Gasteiger partial charge in [0.1, 0.15) is 5.82 Å². The topological polar surface area (TPSA) is 55.8 Å². The quantitative estimate of drug-likeness (QED) is 0.868. The Kier molecular flexibility index (Phi) is 6.43. The molecule has 0 aliphatic carbocycles. The first kappa shape index (κ1) is 18.5. The van der Waals surface area contributed by atoms with Crippen LogP contribution in [-0.2, 0) is 0 Å². The molecular weight excluding hydrogens is 309 g/mol. The van der Waals surface area contributed by atoms with Gasteiger partial charge < -0.3 is 20.2 Å². The molecule has 2 N–H and O–H groups in total. The van der Waals surface area contributed by atoms with Crippen molar-refractivity contribution in [3.8, 4) is 0 Å². The van der Waals surface area contributed by atoms with Crippen molar-refractivity contribution in [1.29, 1.82) is 0 Å². The molecule has 2 amide bonds. The zero-order valence-electron chi connectivity index (χ0n) is 14.7. The normalized spacial score (nSPS) is 17.0. The lowest BCUT2D eigenvalue weighted by atomic mass is 10.0. The number of anilines is 1. The summed E-state index contributed by atoms with van der Waals surface area (Å²) < 4.78 is 13.3. The van der Waals surface area contributed by atoms with Gasteiger partial charge in [0.05, 0.1) is 6.10 Å². The molecule has 0 radical (unpaired) electrons. The molecule has 1 fully saturated rings. The molecule has 0 spiro atoms. The van der Waals surface area contributed by atoms with Gasteiger partial charge in [-0.1, -0.05) is 6.07 Å². The van der Waals surface area contributed by atoms with Crippen LogP contribution in [0.2, 0.25) is 0 Å². The van der Waals surface area contributed by atoms with Gasteiger partial charge in [-0.25, -0.2) is 9.18 Å². The van der Waals surface area contributed by atoms with E-state index in [-0.39, 0.29) is 23.9 Å². The highest BCUT2D eigenvalue weighted by Crippen LogP contribution is 2.21. The van der Waals surface area contributed by atoms with Gasteiger partial charge in [0, 0.05) is 37.4 Å². The Bertz CT molecular complexity index is 543. The van der Waals surface area contributed by atoms with Gasteiger partial charge in [-0.3, -0.25) is 0 Å². The Morgan fingerprint density at radius 1 is 1.38 bits per heavy atom. The number of carbonyl (C=O) groups is 1. The number of amides is 2.